The Balaban J connectivity index is 3.65. The van der Waals surface area contributed by atoms with Crippen LogP contribution in [0.15, 0.2) is 23.3 Å². The third kappa shape index (κ3) is 8.86. The van der Waals surface area contributed by atoms with E-state index < -0.39 is 5.97 Å². The number of rotatable bonds is 5. The average Bonchev–Trinajstić information content (AvgIpc) is 1.96. The van der Waals surface area contributed by atoms with Gasteiger partial charge >= 0.3 is 5.97 Å². The summed E-state index contributed by atoms with van der Waals surface area (Å²) in [4.78, 5) is 10.3. The topological polar surface area (TPSA) is 37.3 Å². The van der Waals surface area contributed by atoms with Crippen molar-refractivity contribution in [3.05, 3.63) is 23.3 Å². The second-order valence-corrected chi connectivity index (χ2v) is 3.50. The van der Waals surface area contributed by atoms with Crippen LogP contribution in [0.1, 0.15) is 40.0 Å². The molecule has 0 heterocycles. The summed E-state index contributed by atoms with van der Waals surface area (Å²) < 4.78 is 0. The van der Waals surface area contributed by atoms with E-state index in [0.29, 0.717) is 0 Å². The minimum absolute atomic E-state index is 0.847. The fourth-order valence-electron chi connectivity index (χ4n) is 1.05. The highest BCUT2D eigenvalue weighted by atomic mass is 16.4. The van der Waals surface area contributed by atoms with Gasteiger partial charge in [0.05, 0.1) is 0 Å². The number of carboxylic acid groups (broad SMARTS) is 1. The third-order valence-corrected chi connectivity index (χ3v) is 1.70. The number of carbonyl (C=O) groups is 1. The Hall–Kier alpha value is -1.05. The van der Waals surface area contributed by atoms with Gasteiger partial charge in [-0.1, -0.05) is 17.2 Å². The van der Waals surface area contributed by atoms with E-state index in [1.165, 1.54) is 11.6 Å². The van der Waals surface area contributed by atoms with Crippen molar-refractivity contribution in [2.45, 2.75) is 40.0 Å². The smallest absolute Gasteiger partial charge is 0.328 e. The van der Waals surface area contributed by atoms with Crippen molar-refractivity contribution in [1.29, 1.82) is 0 Å². The van der Waals surface area contributed by atoms with Crippen LogP contribution in [0.3, 0.4) is 0 Å². The zero-order valence-electron chi connectivity index (χ0n) is 8.63. The van der Waals surface area contributed by atoms with Gasteiger partial charge in [-0.3, -0.25) is 0 Å². The van der Waals surface area contributed by atoms with Crippen LogP contribution in [0.2, 0.25) is 0 Å². The molecule has 0 atom stereocenters. The number of aliphatic carboxylic acids is 1. The fraction of sp³-hybridized carbons (Fsp3) is 0.545. The van der Waals surface area contributed by atoms with E-state index >= 15 is 0 Å². The molecule has 13 heavy (non-hydrogen) atoms. The van der Waals surface area contributed by atoms with E-state index in [1.54, 1.807) is 0 Å². The van der Waals surface area contributed by atoms with Gasteiger partial charge in [-0.2, -0.15) is 0 Å². The van der Waals surface area contributed by atoms with Crippen molar-refractivity contribution in [2.75, 3.05) is 0 Å². The summed E-state index contributed by atoms with van der Waals surface area (Å²) in [6.07, 6.45) is 6.39. The molecular weight excluding hydrogens is 164 g/mol. The van der Waals surface area contributed by atoms with Gasteiger partial charge in [0.2, 0.25) is 0 Å². The summed E-state index contributed by atoms with van der Waals surface area (Å²) in [5.74, 6) is -0.847. The van der Waals surface area contributed by atoms with Gasteiger partial charge in [0.15, 0.2) is 0 Å². The number of unbranched alkanes of at least 4 members (excludes halogenated alkanes) is 1. The van der Waals surface area contributed by atoms with E-state index in [2.05, 4.69) is 19.9 Å². The highest BCUT2D eigenvalue weighted by Gasteiger charge is 1.93. The van der Waals surface area contributed by atoms with Crippen LogP contribution in [0.4, 0.5) is 0 Å². The normalized spacial score (nSPS) is 11.2. The van der Waals surface area contributed by atoms with Gasteiger partial charge in [0, 0.05) is 6.08 Å². The standard InChI is InChI=1S/C11H18O2/c1-9(2)6-4-5-7-10(3)8-11(12)13/h6,8H,4-5,7H2,1-3H3,(H,12,13)/b10-8+. The van der Waals surface area contributed by atoms with Crippen LogP contribution >= 0.6 is 0 Å². The lowest BCUT2D eigenvalue weighted by atomic mass is 10.1. The van der Waals surface area contributed by atoms with E-state index in [4.69, 9.17) is 5.11 Å². The lowest BCUT2D eigenvalue weighted by Crippen LogP contribution is -1.89. The molecule has 0 radical (unpaired) electrons. The van der Waals surface area contributed by atoms with E-state index in [0.717, 1.165) is 24.8 Å². The third-order valence-electron chi connectivity index (χ3n) is 1.70. The molecule has 0 aliphatic carbocycles. The lowest BCUT2D eigenvalue weighted by Gasteiger charge is -1.97. The second-order valence-electron chi connectivity index (χ2n) is 3.50. The van der Waals surface area contributed by atoms with E-state index in [-0.39, 0.29) is 0 Å². The highest BCUT2D eigenvalue weighted by Crippen LogP contribution is 2.07. The molecule has 1 N–H and O–H groups in total. The van der Waals surface area contributed by atoms with Gasteiger partial charge in [-0.05, 0) is 40.0 Å². The SMILES string of the molecule is CC(C)=CCCC/C(C)=C/C(=O)O. The Bertz CT molecular complexity index is 220. The average molecular weight is 182 g/mol. The van der Waals surface area contributed by atoms with Crippen LogP contribution in [0.25, 0.3) is 0 Å². The van der Waals surface area contributed by atoms with Crippen molar-refractivity contribution >= 4 is 5.97 Å². The molecule has 0 fully saturated rings. The molecule has 0 rings (SSSR count). The molecule has 74 valence electrons. The Morgan fingerprint density at radius 1 is 1.31 bits per heavy atom. The maximum absolute atomic E-state index is 10.3. The summed E-state index contributed by atoms with van der Waals surface area (Å²) in [6, 6.07) is 0. The first-order chi connectivity index (χ1) is 6.02. The molecule has 2 nitrogen and oxygen atoms in total. The minimum Gasteiger partial charge on any atom is -0.478 e. The Morgan fingerprint density at radius 3 is 2.38 bits per heavy atom. The molecule has 0 aromatic heterocycles. The van der Waals surface area contributed by atoms with Crippen LogP contribution < -0.4 is 0 Å². The van der Waals surface area contributed by atoms with Crippen LogP contribution in [-0.2, 0) is 4.79 Å². The molecule has 0 saturated heterocycles. The molecule has 2 heteroatoms. The van der Waals surface area contributed by atoms with Crippen molar-refractivity contribution in [3.63, 3.8) is 0 Å². The zero-order valence-corrected chi connectivity index (χ0v) is 8.63. The Morgan fingerprint density at radius 2 is 1.92 bits per heavy atom. The summed E-state index contributed by atoms with van der Waals surface area (Å²) in [6.45, 7) is 6.00. The monoisotopic (exact) mass is 182 g/mol. The van der Waals surface area contributed by atoms with Gasteiger partial charge in [0.1, 0.15) is 0 Å². The zero-order chi connectivity index (χ0) is 10.3. The highest BCUT2D eigenvalue weighted by molar-refractivity contribution is 5.80. The number of carboxylic acids is 1. The van der Waals surface area contributed by atoms with Gasteiger partial charge < -0.3 is 5.11 Å². The molecule has 0 saturated carbocycles. The molecule has 0 spiro atoms. The first-order valence-corrected chi connectivity index (χ1v) is 4.56. The molecule has 0 aliphatic heterocycles. The Kier molecular flexibility index (Phi) is 5.94. The molecule has 0 amide bonds. The number of hydrogen-bond donors (Lipinski definition) is 1. The second kappa shape index (κ2) is 6.46. The first kappa shape index (κ1) is 11.9. The molecule has 0 aromatic carbocycles. The van der Waals surface area contributed by atoms with E-state index in [1.807, 2.05) is 6.92 Å². The molecule has 0 unspecified atom stereocenters. The van der Waals surface area contributed by atoms with Crippen molar-refractivity contribution in [2.24, 2.45) is 0 Å². The van der Waals surface area contributed by atoms with Crippen LogP contribution in [0, 0.1) is 0 Å². The maximum Gasteiger partial charge on any atom is 0.328 e. The van der Waals surface area contributed by atoms with Gasteiger partial charge in [-0.15, -0.1) is 0 Å². The van der Waals surface area contributed by atoms with Crippen molar-refractivity contribution < 1.29 is 9.90 Å². The number of allylic oxidation sites excluding steroid dienone is 3. The van der Waals surface area contributed by atoms with Crippen LogP contribution in [0.5, 0.6) is 0 Å². The summed E-state index contributed by atoms with van der Waals surface area (Å²) >= 11 is 0. The Labute approximate surface area is 80.0 Å². The van der Waals surface area contributed by atoms with Crippen LogP contribution in [-0.4, -0.2) is 11.1 Å². The molecule has 0 aliphatic rings. The minimum atomic E-state index is -0.847. The maximum atomic E-state index is 10.3. The van der Waals surface area contributed by atoms with E-state index in [9.17, 15) is 4.79 Å². The first-order valence-electron chi connectivity index (χ1n) is 4.56. The largest absolute Gasteiger partial charge is 0.478 e. The quantitative estimate of drug-likeness (QED) is 0.403. The van der Waals surface area contributed by atoms with Gasteiger partial charge in [-0.25, -0.2) is 4.79 Å². The number of hydrogen-bond acceptors (Lipinski definition) is 1. The molecule has 0 bridgehead atoms. The van der Waals surface area contributed by atoms with Crippen molar-refractivity contribution in [3.8, 4) is 0 Å². The summed E-state index contributed by atoms with van der Waals surface area (Å²) in [5.41, 5.74) is 2.26. The molecule has 0 aromatic rings. The fourth-order valence-corrected chi connectivity index (χ4v) is 1.05. The lowest BCUT2D eigenvalue weighted by molar-refractivity contribution is -0.131. The van der Waals surface area contributed by atoms with Crippen molar-refractivity contribution in [1.82, 2.24) is 0 Å². The summed E-state index contributed by atoms with van der Waals surface area (Å²) in [7, 11) is 0. The van der Waals surface area contributed by atoms with Gasteiger partial charge in [0.25, 0.3) is 0 Å². The molecular formula is C11H18O2. The predicted octanol–water partition coefficient (Wildman–Crippen LogP) is 3.15. The summed E-state index contributed by atoms with van der Waals surface area (Å²) in [5, 5.41) is 8.44. The predicted molar refractivity (Wildman–Crippen MR) is 54.7 cm³/mol.